The van der Waals surface area contributed by atoms with Crippen molar-refractivity contribution in [2.45, 2.75) is 33.5 Å². The Hall–Kier alpha value is -0.910. The highest BCUT2D eigenvalue weighted by molar-refractivity contribution is 7.92. The van der Waals surface area contributed by atoms with E-state index >= 15 is 0 Å². The predicted octanol–water partition coefficient (Wildman–Crippen LogP) is 2.51. The Balaban J connectivity index is 2.49. The molecule has 1 saturated heterocycles. The number of benzene rings is 1. The van der Waals surface area contributed by atoms with Crippen LogP contribution in [-0.4, -0.2) is 45.1 Å². The second-order valence-electron chi connectivity index (χ2n) is 5.12. The van der Waals surface area contributed by atoms with Crippen LogP contribution < -0.4 is 0 Å². The molecular weight excluding hydrogens is 398 g/mol. The molecule has 24 heavy (non-hydrogen) atoms. The van der Waals surface area contributed by atoms with Gasteiger partial charge in [-0.15, -0.1) is 11.6 Å². The van der Waals surface area contributed by atoms with Gasteiger partial charge < -0.3 is 0 Å². The van der Waals surface area contributed by atoms with Gasteiger partial charge >= 0.3 is 5.51 Å². The van der Waals surface area contributed by atoms with Crippen molar-refractivity contribution in [3.8, 4) is 0 Å². The van der Waals surface area contributed by atoms with E-state index in [1.54, 1.807) is 0 Å². The molecule has 0 N–H and O–H groups in total. The fourth-order valence-electron chi connectivity index (χ4n) is 2.19. The van der Waals surface area contributed by atoms with Gasteiger partial charge in [-0.25, -0.2) is 21.2 Å². The van der Waals surface area contributed by atoms with E-state index in [1.165, 1.54) is 0 Å². The zero-order valence-electron chi connectivity index (χ0n) is 11.9. The van der Waals surface area contributed by atoms with Crippen molar-refractivity contribution in [1.29, 1.82) is 0 Å². The molecule has 1 aromatic rings. The summed E-state index contributed by atoms with van der Waals surface area (Å²) >= 11 is 5.86. The molecule has 0 aliphatic carbocycles. The Morgan fingerprint density at radius 1 is 1.08 bits per heavy atom. The monoisotopic (exact) mass is 409 g/mol. The van der Waals surface area contributed by atoms with Gasteiger partial charge in [0, 0.05) is 18.5 Å². The lowest BCUT2D eigenvalue weighted by molar-refractivity contribution is -0.0437. The van der Waals surface area contributed by atoms with Crippen LogP contribution in [0.1, 0.15) is 12.8 Å². The number of nitrogens with zero attached hydrogens (tertiary/aromatic N) is 1. The Morgan fingerprint density at radius 2 is 1.62 bits per heavy atom. The van der Waals surface area contributed by atoms with Crippen molar-refractivity contribution >= 4 is 31.5 Å². The minimum atomic E-state index is -6.01. The third-order valence-corrected chi connectivity index (χ3v) is 7.35. The largest absolute Gasteiger partial charge is 0.502 e. The number of piperidine rings is 1. The number of sulfonamides is 1. The van der Waals surface area contributed by atoms with Crippen LogP contribution in [-0.2, 0) is 19.9 Å². The van der Waals surface area contributed by atoms with Crippen LogP contribution in [0, 0.1) is 5.82 Å². The van der Waals surface area contributed by atoms with Crippen LogP contribution in [0.4, 0.5) is 17.6 Å². The Bertz CT molecular complexity index is 831. The third kappa shape index (κ3) is 3.53. The lowest BCUT2D eigenvalue weighted by Gasteiger charge is -2.28. The number of rotatable bonds is 3. The molecule has 1 heterocycles. The number of hydrogen-bond acceptors (Lipinski definition) is 4. The molecule has 0 radical (unpaired) electrons. The topological polar surface area (TPSA) is 71.5 Å². The Morgan fingerprint density at radius 3 is 2.12 bits per heavy atom. The summed E-state index contributed by atoms with van der Waals surface area (Å²) in [5.41, 5.74) is -5.74. The van der Waals surface area contributed by atoms with E-state index in [2.05, 4.69) is 0 Å². The standard InChI is InChI=1S/C12H12ClF4NO4S2/c13-8-3-5-18(6-4-8)24(21,22)9-1-2-10(14)11(7-9)23(19,20)12(15,16)17/h1-2,7-8H,3-6H2. The second kappa shape index (κ2) is 6.43. The van der Waals surface area contributed by atoms with E-state index in [1.807, 2.05) is 0 Å². The van der Waals surface area contributed by atoms with Crippen molar-refractivity contribution in [1.82, 2.24) is 4.31 Å². The molecule has 0 aromatic heterocycles. The summed E-state index contributed by atoms with van der Waals surface area (Å²) in [6, 6.07) is 1.31. The summed E-state index contributed by atoms with van der Waals surface area (Å²) in [5.74, 6) is -1.68. The van der Waals surface area contributed by atoms with E-state index < -0.39 is 41.0 Å². The third-order valence-electron chi connectivity index (χ3n) is 3.52. The van der Waals surface area contributed by atoms with Crippen LogP contribution in [0.2, 0.25) is 0 Å². The summed E-state index contributed by atoms with van der Waals surface area (Å²) in [6.45, 7) is 0.0739. The predicted molar refractivity (Wildman–Crippen MR) is 77.3 cm³/mol. The number of hydrogen-bond donors (Lipinski definition) is 0. The number of halogens is 5. The summed E-state index contributed by atoms with van der Waals surface area (Å²) in [7, 11) is -10.3. The first-order valence-electron chi connectivity index (χ1n) is 6.62. The van der Waals surface area contributed by atoms with Gasteiger partial charge in [-0.05, 0) is 31.0 Å². The molecule has 1 aliphatic rings. The van der Waals surface area contributed by atoms with Crippen LogP contribution in [0.25, 0.3) is 0 Å². The smallest absolute Gasteiger partial charge is 0.214 e. The molecule has 5 nitrogen and oxygen atoms in total. The van der Waals surface area contributed by atoms with Crippen LogP contribution in [0.15, 0.2) is 28.0 Å². The first-order valence-corrected chi connectivity index (χ1v) is 9.98. The summed E-state index contributed by atoms with van der Waals surface area (Å²) in [4.78, 5) is -2.44. The van der Waals surface area contributed by atoms with Gasteiger partial charge in [0.2, 0.25) is 10.0 Å². The maximum atomic E-state index is 13.6. The molecule has 2 rings (SSSR count). The molecule has 0 amide bonds. The average molecular weight is 410 g/mol. The summed E-state index contributed by atoms with van der Waals surface area (Å²) < 4.78 is 99.9. The van der Waals surface area contributed by atoms with Gasteiger partial charge in [-0.1, -0.05) is 0 Å². The van der Waals surface area contributed by atoms with Gasteiger partial charge in [0.1, 0.15) is 10.7 Å². The van der Waals surface area contributed by atoms with E-state index in [9.17, 15) is 34.4 Å². The van der Waals surface area contributed by atoms with Crippen LogP contribution in [0.3, 0.4) is 0 Å². The van der Waals surface area contributed by atoms with Gasteiger partial charge in [0.05, 0.1) is 4.90 Å². The zero-order chi connectivity index (χ0) is 18.3. The molecule has 12 heteroatoms. The Labute approximate surface area is 141 Å². The highest BCUT2D eigenvalue weighted by Gasteiger charge is 2.48. The summed E-state index contributed by atoms with van der Waals surface area (Å²) in [5, 5.41) is -0.217. The molecule has 136 valence electrons. The van der Waals surface area contributed by atoms with E-state index in [4.69, 9.17) is 11.6 Å². The maximum Gasteiger partial charge on any atom is 0.502 e. The molecule has 0 bridgehead atoms. The molecule has 0 spiro atoms. The highest BCUT2D eigenvalue weighted by Crippen LogP contribution is 2.33. The molecule has 0 unspecified atom stereocenters. The van der Waals surface area contributed by atoms with Crippen molar-refractivity contribution < 1.29 is 34.4 Å². The molecule has 1 aliphatic heterocycles. The van der Waals surface area contributed by atoms with Gasteiger partial charge in [-0.3, -0.25) is 0 Å². The van der Waals surface area contributed by atoms with E-state index in [0.29, 0.717) is 18.9 Å². The molecule has 0 atom stereocenters. The van der Waals surface area contributed by atoms with Gasteiger partial charge in [0.25, 0.3) is 9.84 Å². The molecule has 1 aromatic carbocycles. The highest BCUT2D eigenvalue weighted by atomic mass is 35.5. The molecule has 1 fully saturated rings. The SMILES string of the molecule is O=S(=O)(c1ccc(F)c(S(=O)(=O)C(F)(F)F)c1)N1CCC(Cl)CC1. The van der Waals surface area contributed by atoms with E-state index in [-0.39, 0.29) is 24.5 Å². The average Bonchev–Trinajstić information content (AvgIpc) is 2.46. The van der Waals surface area contributed by atoms with Crippen molar-refractivity contribution in [3.05, 3.63) is 24.0 Å². The van der Waals surface area contributed by atoms with Crippen LogP contribution >= 0.6 is 11.6 Å². The summed E-state index contributed by atoms with van der Waals surface area (Å²) in [6.07, 6.45) is 0.686. The number of sulfone groups is 1. The van der Waals surface area contributed by atoms with Crippen molar-refractivity contribution in [2.75, 3.05) is 13.1 Å². The van der Waals surface area contributed by atoms with Gasteiger partial charge in [-0.2, -0.15) is 17.5 Å². The zero-order valence-corrected chi connectivity index (χ0v) is 14.3. The minimum absolute atomic E-state index is 0.0369. The maximum absolute atomic E-state index is 13.6. The first kappa shape index (κ1) is 19.4. The fourth-order valence-corrected chi connectivity index (χ4v) is 4.81. The first-order chi connectivity index (χ1) is 10.9. The number of alkyl halides is 4. The normalized spacial score (nSPS) is 18.7. The van der Waals surface area contributed by atoms with Crippen molar-refractivity contribution in [2.24, 2.45) is 0 Å². The quantitative estimate of drug-likeness (QED) is 0.568. The van der Waals surface area contributed by atoms with Gasteiger partial charge in [0.15, 0.2) is 0 Å². The molecular formula is C12H12ClF4NO4S2. The lowest BCUT2D eigenvalue weighted by Crippen LogP contribution is -2.38. The Kier molecular flexibility index (Phi) is 5.20. The fraction of sp³-hybridized carbons (Fsp3) is 0.500. The van der Waals surface area contributed by atoms with E-state index in [0.717, 1.165) is 10.4 Å². The van der Waals surface area contributed by atoms with Crippen LogP contribution in [0.5, 0.6) is 0 Å². The lowest BCUT2D eigenvalue weighted by atomic mass is 10.2. The second-order valence-corrected chi connectivity index (χ2v) is 9.58. The minimum Gasteiger partial charge on any atom is -0.214 e. The molecule has 0 saturated carbocycles. The van der Waals surface area contributed by atoms with Crippen molar-refractivity contribution in [3.63, 3.8) is 0 Å².